The largest absolute Gasteiger partial charge is 0.394 e. The number of nitrogens with one attached hydrogen (secondary N) is 1. The molecule has 0 amide bonds. The van der Waals surface area contributed by atoms with Gasteiger partial charge in [-0.25, -0.2) is 4.79 Å². The summed E-state index contributed by atoms with van der Waals surface area (Å²) in [5.74, 6) is 0. The van der Waals surface area contributed by atoms with Crippen LogP contribution < -0.4 is 11.2 Å². The maximum absolute atomic E-state index is 11.8. The van der Waals surface area contributed by atoms with Crippen LogP contribution >= 0.6 is 0 Å². The Labute approximate surface area is 114 Å². The minimum absolute atomic E-state index is 0.251. The Balaban J connectivity index is 2.35. The molecule has 2 rings (SSSR count). The van der Waals surface area contributed by atoms with Crippen molar-refractivity contribution in [1.29, 1.82) is 0 Å². The van der Waals surface area contributed by atoms with Gasteiger partial charge in [0.05, 0.1) is 6.61 Å². The molecule has 4 atom stereocenters. The molecule has 2 N–H and O–H groups in total. The Bertz CT molecular complexity index is 553. The standard InChI is InChI=1S/C12H18N2O6/c1-3-19-9-7(6-15)20-11(10(9)18-2)14-5-4-8(16)13-12(14)17/h4-5,7,9-11,15H,3,6H2,1-2H3,(H,13,16,17). The maximum Gasteiger partial charge on any atom is 0.330 e. The number of aromatic nitrogens is 2. The summed E-state index contributed by atoms with van der Waals surface area (Å²) in [5, 5.41) is 9.35. The van der Waals surface area contributed by atoms with E-state index in [1.54, 1.807) is 0 Å². The third-order valence-corrected chi connectivity index (χ3v) is 3.22. The first-order chi connectivity index (χ1) is 9.62. The number of hydrogen-bond donors (Lipinski definition) is 2. The van der Waals surface area contributed by atoms with E-state index >= 15 is 0 Å². The minimum Gasteiger partial charge on any atom is -0.394 e. The van der Waals surface area contributed by atoms with Crippen molar-refractivity contribution < 1.29 is 19.3 Å². The van der Waals surface area contributed by atoms with E-state index in [1.165, 1.54) is 23.9 Å². The molecule has 0 bridgehead atoms. The Hall–Kier alpha value is -1.48. The summed E-state index contributed by atoms with van der Waals surface area (Å²) in [6, 6.07) is 1.22. The zero-order chi connectivity index (χ0) is 14.7. The molecular weight excluding hydrogens is 268 g/mol. The van der Waals surface area contributed by atoms with Gasteiger partial charge in [0.1, 0.15) is 18.3 Å². The fourth-order valence-electron chi connectivity index (χ4n) is 2.35. The molecule has 1 aromatic rings. The van der Waals surface area contributed by atoms with Crippen molar-refractivity contribution in [2.24, 2.45) is 0 Å². The lowest BCUT2D eigenvalue weighted by molar-refractivity contribution is -0.0625. The Morgan fingerprint density at radius 1 is 1.45 bits per heavy atom. The van der Waals surface area contributed by atoms with E-state index < -0.39 is 35.8 Å². The molecule has 1 fully saturated rings. The van der Waals surface area contributed by atoms with Crippen LogP contribution in [0.25, 0.3) is 0 Å². The number of rotatable bonds is 5. The lowest BCUT2D eigenvalue weighted by Crippen LogP contribution is -2.40. The number of methoxy groups -OCH3 is 1. The van der Waals surface area contributed by atoms with E-state index in [9.17, 15) is 14.7 Å². The summed E-state index contributed by atoms with van der Waals surface area (Å²) >= 11 is 0. The molecule has 20 heavy (non-hydrogen) atoms. The van der Waals surface area contributed by atoms with Gasteiger partial charge in [-0.05, 0) is 6.92 Å². The molecule has 4 unspecified atom stereocenters. The second-order valence-electron chi connectivity index (χ2n) is 4.39. The van der Waals surface area contributed by atoms with E-state index in [2.05, 4.69) is 4.98 Å². The van der Waals surface area contributed by atoms with Gasteiger partial charge in [0.15, 0.2) is 6.23 Å². The SMILES string of the molecule is CCOC1C(CO)OC(n2ccc(=O)[nH]c2=O)C1OC. The van der Waals surface area contributed by atoms with Crippen molar-refractivity contribution >= 4 is 0 Å². The van der Waals surface area contributed by atoms with E-state index in [4.69, 9.17) is 14.2 Å². The summed E-state index contributed by atoms with van der Waals surface area (Å²) in [5.41, 5.74) is -1.09. The summed E-state index contributed by atoms with van der Waals surface area (Å²) in [6.07, 6.45) is -1.07. The molecule has 0 spiro atoms. The molecule has 1 aliphatic heterocycles. The zero-order valence-corrected chi connectivity index (χ0v) is 11.3. The van der Waals surface area contributed by atoms with Crippen molar-refractivity contribution in [3.8, 4) is 0 Å². The van der Waals surface area contributed by atoms with E-state index in [0.29, 0.717) is 6.61 Å². The summed E-state index contributed by atoms with van der Waals surface area (Å²) in [6.45, 7) is 2.00. The van der Waals surface area contributed by atoms with Crippen LogP contribution in [0.5, 0.6) is 0 Å². The number of aromatic amines is 1. The number of ether oxygens (including phenoxy) is 3. The van der Waals surface area contributed by atoms with Gasteiger partial charge in [0.2, 0.25) is 0 Å². The quantitative estimate of drug-likeness (QED) is 0.708. The van der Waals surface area contributed by atoms with Crippen molar-refractivity contribution in [1.82, 2.24) is 9.55 Å². The molecule has 0 saturated carbocycles. The molecule has 2 heterocycles. The Kier molecular flexibility index (Phi) is 4.71. The Morgan fingerprint density at radius 2 is 2.20 bits per heavy atom. The highest BCUT2D eigenvalue weighted by atomic mass is 16.6. The summed E-state index contributed by atoms with van der Waals surface area (Å²) in [7, 11) is 1.48. The van der Waals surface area contributed by atoms with Gasteiger partial charge in [-0.2, -0.15) is 0 Å². The number of aliphatic hydroxyl groups excluding tert-OH is 1. The normalized spacial score (nSPS) is 29.8. The molecule has 0 radical (unpaired) electrons. The third-order valence-electron chi connectivity index (χ3n) is 3.22. The lowest BCUT2D eigenvalue weighted by atomic mass is 10.1. The van der Waals surface area contributed by atoms with Gasteiger partial charge in [-0.15, -0.1) is 0 Å². The first kappa shape index (κ1) is 14.9. The monoisotopic (exact) mass is 286 g/mol. The predicted molar refractivity (Wildman–Crippen MR) is 68.5 cm³/mol. The highest BCUT2D eigenvalue weighted by Crippen LogP contribution is 2.32. The van der Waals surface area contributed by atoms with Crippen LogP contribution in [0.15, 0.2) is 21.9 Å². The number of aliphatic hydroxyl groups is 1. The van der Waals surface area contributed by atoms with Gasteiger partial charge < -0.3 is 19.3 Å². The van der Waals surface area contributed by atoms with Gasteiger partial charge >= 0.3 is 5.69 Å². The second-order valence-corrected chi connectivity index (χ2v) is 4.39. The van der Waals surface area contributed by atoms with Crippen molar-refractivity contribution in [3.05, 3.63) is 33.1 Å². The van der Waals surface area contributed by atoms with Crippen LogP contribution in [-0.4, -0.2) is 53.3 Å². The van der Waals surface area contributed by atoms with Crippen molar-refractivity contribution in [2.45, 2.75) is 31.5 Å². The first-order valence-corrected chi connectivity index (χ1v) is 6.34. The first-order valence-electron chi connectivity index (χ1n) is 6.34. The van der Waals surface area contributed by atoms with Crippen LogP contribution in [0, 0.1) is 0 Å². The van der Waals surface area contributed by atoms with Crippen LogP contribution in [0.4, 0.5) is 0 Å². The van der Waals surface area contributed by atoms with Crippen molar-refractivity contribution in [3.63, 3.8) is 0 Å². The molecule has 1 aromatic heterocycles. The molecule has 1 aliphatic rings. The summed E-state index contributed by atoms with van der Waals surface area (Å²) < 4.78 is 17.7. The van der Waals surface area contributed by atoms with Crippen LogP contribution in [0.2, 0.25) is 0 Å². The minimum atomic E-state index is -0.766. The molecule has 1 saturated heterocycles. The van der Waals surface area contributed by atoms with Gasteiger partial charge in [0, 0.05) is 26.0 Å². The number of H-pyrrole nitrogens is 1. The Morgan fingerprint density at radius 3 is 2.75 bits per heavy atom. The van der Waals surface area contributed by atoms with Gasteiger partial charge in [0.25, 0.3) is 5.56 Å². The topological polar surface area (TPSA) is 103 Å². The van der Waals surface area contributed by atoms with Gasteiger partial charge in [-0.1, -0.05) is 0 Å². The highest BCUT2D eigenvalue weighted by molar-refractivity contribution is 4.94. The molecular formula is C12H18N2O6. The van der Waals surface area contributed by atoms with Crippen LogP contribution in [0.1, 0.15) is 13.2 Å². The van der Waals surface area contributed by atoms with E-state index in [-0.39, 0.29) is 6.61 Å². The number of nitrogens with zero attached hydrogens (tertiary/aromatic N) is 1. The number of hydrogen-bond acceptors (Lipinski definition) is 6. The van der Waals surface area contributed by atoms with E-state index in [1.807, 2.05) is 6.92 Å². The smallest absolute Gasteiger partial charge is 0.330 e. The third kappa shape index (κ3) is 2.68. The molecule has 8 nitrogen and oxygen atoms in total. The molecule has 0 aliphatic carbocycles. The molecule has 0 aromatic carbocycles. The lowest BCUT2D eigenvalue weighted by Gasteiger charge is -2.22. The average Bonchev–Trinajstić information content (AvgIpc) is 2.77. The predicted octanol–water partition coefficient (Wildman–Crippen LogP) is -1.15. The van der Waals surface area contributed by atoms with Crippen LogP contribution in [-0.2, 0) is 14.2 Å². The van der Waals surface area contributed by atoms with Crippen LogP contribution in [0.3, 0.4) is 0 Å². The maximum atomic E-state index is 11.8. The highest BCUT2D eigenvalue weighted by Gasteiger charge is 2.46. The van der Waals surface area contributed by atoms with Gasteiger partial charge in [-0.3, -0.25) is 14.3 Å². The van der Waals surface area contributed by atoms with Crippen molar-refractivity contribution in [2.75, 3.05) is 20.3 Å². The average molecular weight is 286 g/mol. The second kappa shape index (κ2) is 6.31. The fourth-order valence-corrected chi connectivity index (χ4v) is 2.35. The molecule has 8 heteroatoms. The fraction of sp³-hybridized carbons (Fsp3) is 0.667. The molecule has 112 valence electrons. The zero-order valence-electron chi connectivity index (χ0n) is 11.3. The summed E-state index contributed by atoms with van der Waals surface area (Å²) in [4.78, 5) is 25.1. The van der Waals surface area contributed by atoms with E-state index in [0.717, 1.165) is 0 Å².